The van der Waals surface area contributed by atoms with E-state index in [4.69, 9.17) is 0 Å². The first-order chi connectivity index (χ1) is 9.76. The first-order valence-electron chi connectivity index (χ1n) is 6.51. The average Bonchev–Trinajstić information content (AvgIpc) is 2.88. The molecule has 0 aliphatic rings. The summed E-state index contributed by atoms with van der Waals surface area (Å²) in [5.41, 5.74) is 1.19. The zero-order valence-electron chi connectivity index (χ0n) is 11.1. The number of pyridine rings is 1. The number of halogens is 1. The highest BCUT2D eigenvalue weighted by Gasteiger charge is 2.13. The quantitative estimate of drug-likeness (QED) is 0.786. The lowest BCUT2D eigenvalue weighted by molar-refractivity contribution is 0.601. The minimum Gasteiger partial charge on any atom is -0.312 e. The van der Waals surface area contributed by atoms with Crippen LogP contribution in [0.1, 0.15) is 16.5 Å². The fraction of sp³-hybridized carbons (Fsp3) is 0.188. The van der Waals surface area contributed by atoms with E-state index in [0.717, 1.165) is 16.5 Å². The molecule has 4 heteroatoms. The summed E-state index contributed by atoms with van der Waals surface area (Å²) in [7, 11) is 1.95. The smallest absolute Gasteiger partial charge is 0.124 e. The molecule has 0 amide bonds. The SMILES string of the molecule is CNC(Cc1cccnc1)c1cc2ccc(F)cc2s1. The number of benzene rings is 1. The summed E-state index contributed by atoms with van der Waals surface area (Å²) >= 11 is 1.64. The number of thiophene rings is 1. The van der Waals surface area contributed by atoms with Crippen molar-refractivity contribution in [2.45, 2.75) is 12.5 Å². The molecule has 0 saturated carbocycles. The van der Waals surface area contributed by atoms with Crippen LogP contribution in [-0.4, -0.2) is 12.0 Å². The molecular formula is C16H15FN2S. The van der Waals surface area contributed by atoms with Crippen LogP contribution in [0, 0.1) is 5.82 Å². The molecule has 0 spiro atoms. The molecule has 1 N–H and O–H groups in total. The molecule has 1 atom stereocenters. The van der Waals surface area contributed by atoms with Gasteiger partial charge in [0.2, 0.25) is 0 Å². The van der Waals surface area contributed by atoms with Gasteiger partial charge in [-0.1, -0.05) is 12.1 Å². The van der Waals surface area contributed by atoms with Crippen molar-refractivity contribution in [2.75, 3.05) is 7.05 Å². The number of fused-ring (bicyclic) bond motifs is 1. The van der Waals surface area contributed by atoms with E-state index in [0.29, 0.717) is 0 Å². The molecule has 1 unspecified atom stereocenters. The van der Waals surface area contributed by atoms with Crippen molar-refractivity contribution in [2.24, 2.45) is 0 Å². The van der Waals surface area contributed by atoms with Crippen LogP contribution in [0.3, 0.4) is 0 Å². The number of rotatable bonds is 4. The summed E-state index contributed by atoms with van der Waals surface area (Å²) < 4.78 is 14.3. The van der Waals surface area contributed by atoms with Crippen molar-refractivity contribution in [1.29, 1.82) is 0 Å². The third-order valence-corrected chi connectivity index (χ3v) is 4.57. The molecule has 102 valence electrons. The lowest BCUT2D eigenvalue weighted by Gasteiger charge is -2.14. The predicted molar refractivity (Wildman–Crippen MR) is 81.5 cm³/mol. The van der Waals surface area contributed by atoms with Gasteiger partial charge in [0.05, 0.1) is 0 Å². The first kappa shape index (κ1) is 13.2. The van der Waals surface area contributed by atoms with Crippen molar-refractivity contribution in [3.05, 3.63) is 65.0 Å². The monoisotopic (exact) mass is 286 g/mol. The number of nitrogens with one attached hydrogen (secondary N) is 1. The minimum atomic E-state index is -0.181. The number of nitrogens with zero attached hydrogens (tertiary/aromatic N) is 1. The highest BCUT2D eigenvalue weighted by Crippen LogP contribution is 2.31. The Hall–Kier alpha value is -1.78. The molecule has 2 heterocycles. The zero-order valence-corrected chi connectivity index (χ0v) is 12.0. The number of likely N-dealkylation sites (N-methyl/N-ethyl adjacent to an activating group) is 1. The number of hydrogen-bond acceptors (Lipinski definition) is 3. The molecule has 0 fully saturated rings. The lowest BCUT2D eigenvalue weighted by atomic mass is 10.1. The largest absolute Gasteiger partial charge is 0.312 e. The zero-order chi connectivity index (χ0) is 13.9. The van der Waals surface area contributed by atoms with Crippen molar-refractivity contribution in [1.82, 2.24) is 10.3 Å². The second-order valence-corrected chi connectivity index (χ2v) is 5.85. The van der Waals surface area contributed by atoms with Gasteiger partial charge in [0, 0.05) is 28.0 Å². The van der Waals surface area contributed by atoms with Gasteiger partial charge >= 0.3 is 0 Å². The van der Waals surface area contributed by atoms with Crippen molar-refractivity contribution in [3.8, 4) is 0 Å². The van der Waals surface area contributed by atoms with E-state index in [9.17, 15) is 4.39 Å². The maximum Gasteiger partial charge on any atom is 0.124 e. The summed E-state index contributed by atoms with van der Waals surface area (Å²) in [6.07, 6.45) is 4.54. The second kappa shape index (κ2) is 5.69. The van der Waals surface area contributed by atoms with Crippen LogP contribution in [0.15, 0.2) is 48.8 Å². The van der Waals surface area contributed by atoms with Crippen LogP contribution in [0.25, 0.3) is 10.1 Å². The Morgan fingerprint density at radius 2 is 2.20 bits per heavy atom. The molecule has 0 aliphatic heterocycles. The Balaban J connectivity index is 1.91. The molecule has 0 radical (unpaired) electrons. The van der Waals surface area contributed by atoms with Gasteiger partial charge in [-0.05, 0) is 48.7 Å². The Labute approximate surface area is 121 Å². The molecule has 3 aromatic rings. The van der Waals surface area contributed by atoms with Crippen molar-refractivity contribution < 1.29 is 4.39 Å². The molecule has 20 heavy (non-hydrogen) atoms. The van der Waals surface area contributed by atoms with Crippen molar-refractivity contribution in [3.63, 3.8) is 0 Å². The minimum absolute atomic E-state index is 0.181. The molecular weight excluding hydrogens is 271 g/mol. The first-order valence-corrected chi connectivity index (χ1v) is 7.33. The fourth-order valence-electron chi connectivity index (χ4n) is 2.30. The fourth-order valence-corrected chi connectivity index (χ4v) is 3.50. The maximum atomic E-state index is 13.3. The number of hydrogen-bond donors (Lipinski definition) is 1. The van der Waals surface area contributed by atoms with Gasteiger partial charge in [-0.15, -0.1) is 11.3 Å². The van der Waals surface area contributed by atoms with E-state index in [2.05, 4.69) is 22.4 Å². The topological polar surface area (TPSA) is 24.9 Å². The average molecular weight is 286 g/mol. The molecule has 0 aliphatic carbocycles. The Morgan fingerprint density at radius 3 is 2.95 bits per heavy atom. The summed E-state index contributed by atoms with van der Waals surface area (Å²) in [4.78, 5) is 5.37. The van der Waals surface area contributed by atoms with Crippen LogP contribution in [-0.2, 0) is 6.42 Å². The third kappa shape index (κ3) is 2.71. The predicted octanol–water partition coefficient (Wildman–Crippen LogP) is 3.94. The molecule has 0 saturated heterocycles. The van der Waals surface area contributed by atoms with E-state index in [1.54, 1.807) is 23.6 Å². The standard InChI is InChI=1S/C16H15FN2S/c1-18-14(7-11-3-2-6-19-10-11)16-8-12-4-5-13(17)9-15(12)20-16/h2-6,8-10,14,18H,7H2,1H3. The summed E-state index contributed by atoms with van der Waals surface area (Å²) in [5, 5.41) is 4.43. The highest BCUT2D eigenvalue weighted by molar-refractivity contribution is 7.19. The van der Waals surface area contributed by atoms with Gasteiger partial charge in [-0.2, -0.15) is 0 Å². The van der Waals surface area contributed by atoms with Gasteiger partial charge < -0.3 is 5.32 Å². The van der Waals surface area contributed by atoms with Crippen LogP contribution in [0.2, 0.25) is 0 Å². The summed E-state index contributed by atoms with van der Waals surface area (Å²) in [5.74, 6) is -0.181. The maximum absolute atomic E-state index is 13.3. The van der Waals surface area contributed by atoms with Gasteiger partial charge in [0.15, 0.2) is 0 Å². The van der Waals surface area contributed by atoms with Crippen molar-refractivity contribution >= 4 is 21.4 Å². The van der Waals surface area contributed by atoms with Gasteiger partial charge in [0.25, 0.3) is 0 Å². The second-order valence-electron chi connectivity index (χ2n) is 4.74. The Morgan fingerprint density at radius 1 is 1.30 bits per heavy atom. The molecule has 0 bridgehead atoms. The molecule has 2 aromatic heterocycles. The van der Waals surface area contributed by atoms with Gasteiger partial charge in [-0.3, -0.25) is 4.98 Å². The summed E-state index contributed by atoms with van der Waals surface area (Å²) in [6, 6.07) is 11.3. The third-order valence-electron chi connectivity index (χ3n) is 3.36. The van der Waals surface area contributed by atoms with E-state index in [1.165, 1.54) is 16.5 Å². The van der Waals surface area contributed by atoms with E-state index in [-0.39, 0.29) is 11.9 Å². The van der Waals surface area contributed by atoms with Crippen LogP contribution < -0.4 is 5.32 Å². The lowest BCUT2D eigenvalue weighted by Crippen LogP contribution is -2.17. The summed E-state index contributed by atoms with van der Waals surface area (Å²) in [6.45, 7) is 0. The van der Waals surface area contributed by atoms with Crippen LogP contribution in [0.4, 0.5) is 4.39 Å². The molecule has 3 rings (SSSR count). The van der Waals surface area contributed by atoms with Crippen LogP contribution >= 0.6 is 11.3 Å². The Kier molecular flexibility index (Phi) is 3.76. The van der Waals surface area contributed by atoms with E-state index >= 15 is 0 Å². The molecule has 2 nitrogen and oxygen atoms in total. The van der Waals surface area contributed by atoms with Gasteiger partial charge in [0.1, 0.15) is 5.82 Å². The normalized spacial score (nSPS) is 12.7. The van der Waals surface area contributed by atoms with E-state index < -0.39 is 0 Å². The Bertz CT molecular complexity index is 709. The molecule has 1 aromatic carbocycles. The highest BCUT2D eigenvalue weighted by atomic mass is 32.1. The van der Waals surface area contributed by atoms with E-state index in [1.807, 2.05) is 25.4 Å². The van der Waals surface area contributed by atoms with Gasteiger partial charge in [-0.25, -0.2) is 4.39 Å². The van der Waals surface area contributed by atoms with Crippen LogP contribution in [0.5, 0.6) is 0 Å². The number of aromatic nitrogens is 1.